The number of benzene rings is 3. The van der Waals surface area contributed by atoms with Crippen molar-refractivity contribution >= 4 is 40.9 Å². The zero-order chi connectivity index (χ0) is 28.5. The number of carbonyl (C=O) groups excluding carboxylic acids is 3. The van der Waals surface area contributed by atoms with E-state index in [-0.39, 0.29) is 31.4 Å². The van der Waals surface area contributed by atoms with Crippen molar-refractivity contribution in [3.63, 3.8) is 0 Å². The molecule has 3 aromatic rings. The lowest BCUT2D eigenvalue weighted by Crippen LogP contribution is -2.42. The molecule has 0 saturated heterocycles. The Balaban J connectivity index is 1.34. The van der Waals surface area contributed by atoms with E-state index in [1.54, 1.807) is 60.5 Å². The number of urea groups is 1. The molecule has 0 unspecified atom stereocenters. The average molecular weight is 545 g/mol. The van der Waals surface area contributed by atoms with Crippen molar-refractivity contribution in [2.75, 3.05) is 41.9 Å². The first-order valence-corrected chi connectivity index (χ1v) is 13.0. The summed E-state index contributed by atoms with van der Waals surface area (Å²) in [6.07, 6.45) is 1.90. The average Bonchev–Trinajstić information content (AvgIpc) is 3.78. The van der Waals surface area contributed by atoms with Crippen molar-refractivity contribution < 1.29 is 29.0 Å². The molecule has 10 heteroatoms. The van der Waals surface area contributed by atoms with Gasteiger partial charge in [0.25, 0.3) is 5.91 Å². The number of hydrogen-bond acceptors (Lipinski definition) is 5. The van der Waals surface area contributed by atoms with Crippen LogP contribution in [0, 0.1) is 5.92 Å². The molecule has 40 heavy (non-hydrogen) atoms. The van der Waals surface area contributed by atoms with Gasteiger partial charge in [-0.2, -0.15) is 0 Å². The first-order chi connectivity index (χ1) is 19.3. The number of aliphatic carboxylic acids is 1. The summed E-state index contributed by atoms with van der Waals surface area (Å²) in [5.74, 6) is -0.637. The summed E-state index contributed by atoms with van der Waals surface area (Å²) >= 11 is 0. The highest BCUT2D eigenvalue weighted by Gasteiger charge is 2.28. The molecular formula is C30H32N4O6. The first-order valence-electron chi connectivity index (χ1n) is 13.0. The van der Waals surface area contributed by atoms with Crippen molar-refractivity contribution in [3.05, 3.63) is 84.4 Å². The molecule has 0 aliphatic heterocycles. The van der Waals surface area contributed by atoms with Crippen molar-refractivity contribution in [3.8, 4) is 5.75 Å². The summed E-state index contributed by atoms with van der Waals surface area (Å²) in [4.78, 5) is 52.3. The highest BCUT2D eigenvalue weighted by molar-refractivity contribution is 5.99. The second-order valence-electron chi connectivity index (χ2n) is 9.60. The van der Waals surface area contributed by atoms with E-state index in [4.69, 9.17) is 9.84 Å². The molecule has 1 aliphatic carbocycles. The number of amides is 4. The standard InChI is InChI=1S/C30H32N4O6/c1-33(24-9-3-2-4-10-24)28(36)20-40-26-12-6-11-25(17-26)34(19-21-13-14-21)27(35)18-31-30(39)32-23-8-5-7-22(15-23)16-29(37)38/h2-12,15,17,21H,13-14,16,18-20H2,1H3,(H,37,38)(H2,31,32,39). The van der Waals surface area contributed by atoms with Crippen molar-refractivity contribution in [1.29, 1.82) is 0 Å². The van der Waals surface area contributed by atoms with E-state index >= 15 is 0 Å². The third-order valence-electron chi connectivity index (χ3n) is 6.39. The lowest BCUT2D eigenvalue weighted by atomic mass is 10.1. The third kappa shape index (κ3) is 8.32. The molecule has 0 bridgehead atoms. The van der Waals surface area contributed by atoms with Gasteiger partial charge < -0.3 is 30.3 Å². The molecule has 0 radical (unpaired) electrons. The Morgan fingerprint density at radius 2 is 1.62 bits per heavy atom. The van der Waals surface area contributed by atoms with E-state index < -0.39 is 12.0 Å². The Hall–Kier alpha value is -4.86. The molecular weight excluding hydrogens is 512 g/mol. The fourth-order valence-electron chi connectivity index (χ4n) is 4.05. The Morgan fingerprint density at radius 3 is 2.35 bits per heavy atom. The molecule has 3 N–H and O–H groups in total. The van der Waals surface area contributed by atoms with E-state index in [1.165, 1.54) is 4.90 Å². The summed E-state index contributed by atoms with van der Waals surface area (Å²) < 4.78 is 5.75. The zero-order valence-electron chi connectivity index (χ0n) is 22.2. The second kappa shape index (κ2) is 13.3. The molecule has 0 heterocycles. The highest BCUT2D eigenvalue weighted by Crippen LogP contribution is 2.32. The van der Waals surface area contributed by atoms with Gasteiger partial charge in [-0.25, -0.2) is 4.79 Å². The number of carboxylic acids is 1. The van der Waals surface area contributed by atoms with Crippen LogP contribution >= 0.6 is 0 Å². The number of nitrogens with one attached hydrogen (secondary N) is 2. The summed E-state index contributed by atoms with van der Waals surface area (Å²) in [7, 11) is 1.68. The van der Waals surface area contributed by atoms with Crippen molar-refractivity contribution in [1.82, 2.24) is 5.32 Å². The second-order valence-corrected chi connectivity index (χ2v) is 9.60. The van der Waals surface area contributed by atoms with Gasteiger partial charge in [0.1, 0.15) is 5.75 Å². The predicted octanol–water partition coefficient (Wildman–Crippen LogP) is 3.92. The number of hydrogen-bond donors (Lipinski definition) is 3. The monoisotopic (exact) mass is 544 g/mol. The smallest absolute Gasteiger partial charge is 0.319 e. The van der Waals surface area contributed by atoms with E-state index in [1.807, 2.05) is 30.3 Å². The van der Waals surface area contributed by atoms with Crippen LogP contribution in [0.2, 0.25) is 0 Å². The Kier molecular flexibility index (Phi) is 9.35. The first kappa shape index (κ1) is 28.2. The van der Waals surface area contributed by atoms with Crippen molar-refractivity contribution in [2.45, 2.75) is 19.3 Å². The van der Waals surface area contributed by atoms with Crippen molar-refractivity contribution in [2.24, 2.45) is 5.92 Å². The van der Waals surface area contributed by atoms with E-state index in [2.05, 4.69) is 10.6 Å². The lowest BCUT2D eigenvalue weighted by molar-refractivity contribution is -0.136. The van der Waals surface area contributed by atoms with Gasteiger partial charge in [-0.3, -0.25) is 14.4 Å². The summed E-state index contributed by atoms with van der Waals surface area (Å²) in [6, 6.07) is 22.2. The van der Waals surface area contributed by atoms with Gasteiger partial charge in [0.15, 0.2) is 6.61 Å². The Labute approximate surface area is 232 Å². The minimum absolute atomic E-state index is 0.160. The maximum Gasteiger partial charge on any atom is 0.319 e. The molecule has 0 atom stereocenters. The van der Waals surface area contributed by atoms with Crippen LogP contribution in [0.25, 0.3) is 0 Å². The number of rotatable bonds is 12. The molecule has 1 saturated carbocycles. The number of carboxylic acid groups (broad SMARTS) is 1. The number of anilines is 3. The number of carbonyl (C=O) groups is 4. The van der Waals surface area contributed by atoms with Crippen LogP contribution in [0.1, 0.15) is 18.4 Å². The quantitative estimate of drug-likeness (QED) is 0.317. The molecule has 1 fully saturated rings. The van der Waals surface area contributed by atoms with Gasteiger partial charge >= 0.3 is 12.0 Å². The SMILES string of the molecule is CN(C(=O)COc1cccc(N(CC2CC2)C(=O)CNC(=O)Nc2cccc(CC(=O)O)c2)c1)c1ccccc1. The minimum atomic E-state index is -0.969. The Bertz CT molecular complexity index is 1360. The maximum absolute atomic E-state index is 13.2. The number of nitrogens with zero attached hydrogens (tertiary/aromatic N) is 2. The molecule has 0 spiro atoms. The predicted molar refractivity (Wildman–Crippen MR) is 152 cm³/mol. The minimum Gasteiger partial charge on any atom is -0.484 e. The van der Waals surface area contributed by atoms with Crippen LogP contribution in [-0.4, -0.2) is 55.7 Å². The molecule has 208 valence electrons. The van der Waals surface area contributed by atoms with E-state index in [9.17, 15) is 19.2 Å². The van der Waals surface area contributed by atoms with Gasteiger partial charge in [-0.1, -0.05) is 36.4 Å². The maximum atomic E-state index is 13.2. The number of ether oxygens (including phenoxy) is 1. The van der Waals surface area contributed by atoms with Gasteiger partial charge in [0.05, 0.1) is 13.0 Å². The molecule has 4 rings (SSSR count). The van der Waals surface area contributed by atoms with Gasteiger partial charge in [-0.05, 0) is 60.7 Å². The van der Waals surface area contributed by atoms with Crippen LogP contribution in [0.3, 0.4) is 0 Å². The number of para-hydroxylation sites is 1. The largest absolute Gasteiger partial charge is 0.484 e. The molecule has 10 nitrogen and oxygen atoms in total. The molecule has 4 amide bonds. The Morgan fingerprint density at radius 1 is 0.900 bits per heavy atom. The lowest BCUT2D eigenvalue weighted by Gasteiger charge is -2.24. The highest BCUT2D eigenvalue weighted by atomic mass is 16.5. The van der Waals surface area contributed by atoms with Crippen LogP contribution in [0.5, 0.6) is 5.75 Å². The normalized spacial score (nSPS) is 12.2. The van der Waals surface area contributed by atoms with E-state index in [0.717, 1.165) is 18.5 Å². The van der Waals surface area contributed by atoms with Gasteiger partial charge in [0, 0.05) is 36.7 Å². The van der Waals surface area contributed by atoms with Gasteiger partial charge in [0.2, 0.25) is 5.91 Å². The zero-order valence-corrected chi connectivity index (χ0v) is 22.2. The van der Waals surface area contributed by atoms with Gasteiger partial charge in [-0.15, -0.1) is 0 Å². The fraction of sp³-hybridized carbons (Fsp3) is 0.267. The molecule has 1 aliphatic rings. The fourth-order valence-corrected chi connectivity index (χ4v) is 4.05. The van der Waals surface area contributed by atoms with Crippen LogP contribution in [0.4, 0.5) is 21.9 Å². The summed E-state index contributed by atoms with van der Waals surface area (Å²) in [5.41, 5.74) is 2.35. The summed E-state index contributed by atoms with van der Waals surface area (Å²) in [6.45, 7) is 0.109. The summed E-state index contributed by atoms with van der Waals surface area (Å²) in [5, 5.41) is 14.2. The van der Waals surface area contributed by atoms with Crippen LogP contribution < -0.4 is 25.2 Å². The number of likely N-dealkylation sites (N-methyl/N-ethyl adjacent to an activating group) is 1. The topological polar surface area (TPSA) is 128 Å². The molecule has 0 aromatic heterocycles. The third-order valence-corrected chi connectivity index (χ3v) is 6.39. The molecule has 3 aromatic carbocycles. The van der Waals surface area contributed by atoms with E-state index in [0.29, 0.717) is 35.2 Å². The van der Waals surface area contributed by atoms with Crippen LogP contribution in [-0.2, 0) is 20.8 Å². The van der Waals surface area contributed by atoms with Crippen LogP contribution in [0.15, 0.2) is 78.9 Å².